The summed E-state index contributed by atoms with van der Waals surface area (Å²) in [5.41, 5.74) is 3.13. The van der Waals surface area contributed by atoms with E-state index in [0.717, 1.165) is 27.5 Å². The zero-order valence-electron chi connectivity index (χ0n) is 11.2. The fraction of sp³-hybridized carbons (Fsp3) is 0. The predicted octanol–water partition coefficient (Wildman–Crippen LogP) is 4.26. The Labute approximate surface area is 141 Å². The van der Waals surface area contributed by atoms with Crippen molar-refractivity contribution in [1.29, 1.82) is 0 Å². The van der Waals surface area contributed by atoms with Crippen molar-refractivity contribution in [2.45, 2.75) is 0 Å². The predicted molar refractivity (Wildman–Crippen MR) is 83.4 cm³/mol. The van der Waals surface area contributed by atoms with Gasteiger partial charge >= 0.3 is 18.6 Å². The van der Waals surface area contributed by atoms with Crippen LogP contribution in [0, 0.1) is 19.8 Å². The largest absolute Gasteiger partial charge is 2.00 e. The van der Waals surface area contributed by atoms with E-state index in [1.807, 2.05) is 54.6 Å². The first kappa shape index (κ1) is 17.1. The van der Waals surface area contributed by atoms with Gasteiger partial charge in [0.2, 0.25) is 0 Å². The molecule has 1 radical (unpaired) electrons. The maximum atomic E-state index is 5.25. The fourth-order valence-corrected chi connectivity index (χ4v) is 2.38. The Bertz CT molecular complexity index is 688. The van der Waals surface area contributed by atoms with Crippen LogP contribution in [-0.2, 0) is 18.6 Å². The number of nitrogens with zero attached hydrogens (tertiary/aromatic N) is 2. The molecule has 0 fully saturated rings. The van der Waals surface area contributed by atoms with E-state index >= 15 is 0 Å². The molecule has 0 saturated carbocycles. The molecule has 1 aromatic heterocycles. The van der Waals surface area contributed by atoms with Gasteiger partial charge < -0.3 is 12.8 Å². The van der Waals surface area contributed by atoms with Crippen molar-refractivity contribution >= 4 is 11.5 Å². The van der Waals surface area contributed by atoms with Gasteiger partial charge in [0, 0.05) is 5.56 Å². The van der Waals surface area contributed by atoms with E-state index in [-0.39, 0.29) is 18.6 Å². The minimum atomic E-state index is 0. The fourth-order valence-electron chi connectivity index (χ4n) is 1.69. The van der Waals surface area contributed by atoms with Crippen LogP contribution >= 0.6 is 11.5 Å². The van der Waals surface area contributed by atoms with Crippen LogP contribution in [0.5, 0.6) is 0 Å². The molecule has 0 aliphatic rings. The molecular formula is C17H12N2SV. The second kappa shape index (κ2) is 8.33. The Morgan fingerprint density at radius 3 is 2.14 bits per heavy atom. The molecule has 3 aromatic rings. The Kier molecular flexibility index (Phi) is 6.77. The third kappa shape index (κ3) is 4.24. The van der Waals surface area contributed by atoms with Crippen LogP contribution in [0.4, 0.5) is 0 Å². The number of aromatic nitrogens is 2. The standard InChI is InChI=1S/C15H11N2S.C2H.V/c1-11-7-9-12(10-8-11)14-16-15(18-17-14)13-5-3-2-4-6-13;1-2;/h2-10H,1H2;1H;/q2*-1;+2. The van der Waals surface area contributed by atoms with Crippen LogP contribution in [0.25, 0.3) is 22.0 Å². The molecule has 2 aromatic carbocycles. The normalized spacial score (nSPS) is 9.05. The molecule has 1 heterocycles. The molecule has 2 nitrogen and oxygen atoms in total. The first-order valence-corrected chi connectivity index (χ1v) is 6.71. The smallest absolute Gasteiger partial charge is 0.697 e. The number of hydrogen-bond acceptors (Lipinski definition) is 3. The maximum Gasteiger partial charge on any atom is 2.00 e. The third-order valence-corrected chi connectivity index (χ3v) is 3.42. The SMILES string of the molecule is [C-]#C.[CH2-]c1ccc(-c2nsc(-c3ccccc3)n2)cc1.[V+2]. The molecule has 0 saturated heterocycles. The molecule has 3 rings (SSSR count). The van der Waals surface area contributed by atoms with Crippen LogP contribution in [-0.4, -0.2) is 9.36 Å². The summed E-state index contributed by atoms with van der Waals surface area (Å²) in [4.78, 5) is 4.57. The van der Waals surface area contributed by atoms with Gasteiger partial charge in [0.15, 0.2) is 5.82 Å². The number of hydrogen-bond donors (Lipinski definition) is 0. The molecule has 0 spiro atoms. The molecule has 0 bridgehead atoms. The summed E-state index contributed by atoms with van der Waals surface area (Å²) in [5, 5.41) is 0.948. The molecular weight excluding hydrogens is 315 g/mol. The topological polar surface area (TPSA) is 25.8 Å². The first-order chi connectivity index (χ1) is 9.83. The van der Waals surface area contributed by atoms with E-state index in [0.29, 0.717) is 0 Å². The number of benzene rings is 2. The van der Waals surface area contributed by atoms with E-state index < -0.39 is 0 Å². The Morgan fingerprint density at radius 1 is 0.905 bits per heavy atom. The van der Waals surface area contributed by atoms with Gasteiger partial charge in [-0.05, 0) is 17.1 Å². The molecule has 4 heteroatoms. The summed E-state index contributed by atoms with van der Waals surface area (Å²) in [5.74, 6) is 0.777. The van der Waals surface area contributed by atoms with Crippen LogP contribution in [0.3, 0.4) is 0 Å². The van der Waals surface area contributed by atoms with Crippen molar-refractivity contribution in [1.82, 2.24) is 9.36 Å². The van der Waals surface area contributed by atoms with E-state index in [9.17, 15) is 0 Å². The second-order valence-corrected chi connectivity index (χ2v) is 4.74. The van der Waals surface area contributed by atoms with Crippen molar-refractivity contribution in [3.05, 3.63) is 73.5 Å². The number of rotatable bonds is 2. The van der Waals surface area contributed by atoms with Gasteiger partial charge in [0.1, 0.15) is 5.01 Å². The molecule has 0 amide bonds. The monoisotopic (exact) mass is 327 g/mol. The van der Waals surface area contributed by atoms with Gasteiger partial charge in [-0.25, -0.2) is 4.98 Å². The first-order valence-electron chi connectivity index (χ1n) is 5.93. The minimum Gasteiger partial charge on any atom is -0.697 e. The van der Waals surface area contributed by atoms with Crippen LogP contribution in [0.2, 0.25) is 0 Å². The van der Waals surface area contributed by atoms with Gasteiger partial charge in [-0.3, -0.25) is 0 Å². The van der Waals surface area contributed by atoms with E-state index in [4.69, 9.17) is 6.42 Å². The summed E-state index contributed by atoms with van der Waals surface area (Å²) in [6, 6.07) is 18.0. The van der Waals surface area contributed by atoms with Crippen molar-refractivity contribution in [3.8, 4) is 28.4 Å². The van der Waals surface area contributed by atoms with Gasteiger partial charge in [-0.2, -0.15) is 29.0 Å². The Hall–Kier alpha value is -1.99. The summed E-state index contributed by atoms with van der Waals surface area (Å²) in [6.07, 6.45) is 9.00. The molecule has 0 aliphatic heterocycles. The second-order valence-electron chi connectivity index (χ2n) is 3.99. The van der Waals surface area contributed by atoms with Crippen LogP contribution < -0.4 is 0 Å². The van der Waals surface area contributed by atoms with Crippen molar-refractivity contribution in [2.24, 2.45) is 0 Å². The average Bonchev–Trinajstić information content (AvgIpc) is 3.01. The summed E-state index contributed by atoms with van der Waals surface area (Å²) < 4.78 is 4.40. The molecule has 0 N–H and O–H groups in total. The zero-order chi connectivity index (χ0) is 14.4. The van der Waals surface area contributed by atoms with Gasteiger partial charge in [-0.1, -0.05) is 30.3 Å². The van der Waals surface area contributed by atoms with E-state index in [2.05, 4.69) is 22.7 Å². The third-order valence-electron chi connectivity index (χ3n) is 2.66. The summed E-state index contributed by atoms with van der Waals surface area (Å²) >= 11 is 1.42. The van der Waals surface area contributed by atoms with Crippen molar-refractivity contribution in [2.75, 3.05) is 0 Å². The van der Waals surface area contributed by atoms with E-state index in [1.54, 1.807) is 0 Å². The van der Waals surface area contributed by atoms with E-state index in [1.165, 1.54) is 11.5 Å². The minimum absolute atomic E-state index is 0. The summed E-state index contributed by atoms with van der Waals surface area (Å²) in [7, 11) is 0. The molecule has 0 unspecified atom stereocenters. The Balaban J connectivity index is 0.000000706. The Morgan fingerprint density at radius 2 is 1.52 bits per heavy atom. The zero-order valence-corrected chi connectivity index (χ0v) is 13.4. The van der Waals surface area contributed by atoms with Crippen LogP contribution in [0.15, 0.2) is 54.6 Å². The van der Waals surface area contributed by atoms with Crippen molar-refractivity contribution in [3.63, 3.8) is 0 Å². The van der Waals surface area contributed by atoms with Gasteiger partial charge in [0.05, 0.1) is 0 Å². The maximum absolute atomic E-state index is 5.25. The van der Waals surface area contributed by atoms with Crippen molar-refractivity contribution < 1.29 is 18.6 Å². The number of terminal acetylenes is 1. The van der Waals surface area contributed by atoms with Crippen LogP contribution in [0.1, 0.15) is 5.56 Å². The van der Waals surface area contributed by atoms with Gasteiger partial charge in [-0.15, -0.1) is 12.1 Å². The van der Waals surface area contributed by atoms with Gasteiger partial charge in [0.25, 0.3) is 0 Å². The summed E-state index contributed by atoms with van der Waals surface area (Å²) in [6.45, 7) is 3.87. The molecule has 21 heavy (non-hydrogen) atoms. The molecule has 101 valence electrons. The molecule has 0 atom stereocenters. The quantitative estimate of drug-likeness (QED) is 0.519. The molecule has 0 aliphatic carbocycles. The average molecular weight is 327 g/mol.